The first kappa shape index (κ1) is 16.5. The molecule has 1 aliphatic carbocycles. The zero-order chi connectivity index (χ0) is 17.9. The van der Waals surface area contributed by atoms with Gasteiger partial charge in [0.2, 0.25) is 0 Å². The summed E-state index contributed by atoms with van der Waals surface area (Å²) in [5.74, 6) is 0.169. The summed E-state index contributed by atoms with van der Waals surface area (Å²) in [5.41, 5.74) is 5.82. The third-order valence-electron chi connectivity index (χ3n) is 4.56. The van der Waals surface area contributed by atoms with Gasteiger partial charge in [-0.1, -0.05) is 54.6 Å². The molecule has 3 aromatic rings. The summed E-state index contributed by atoms with van der Waals surface area (Å²) < 4.78 is 0. The molecule has 0 amide bonds. The van der Waals surface area contributed by atoms with Gasteiger partial charge >= 0.3 is 0 Å². The van der Waals surface area contributed by atoms with Gasteiger partial charge in [-0.05, 0) is 53.5 Å². The van der Waals surface area contributed by atoms with Crippen molar-refractivity contribution in [2.24, 2.45) is 0 Å². The average molecular weight is 358 g/mol. The highest BCUT2D eigenvalue weighted by atomic mass is 32.1. The summed E-state index contributed by atoms with van der Waals surface area (Å²) in [6.45, 7) is 0. The minimum atomic E-state index is 0.169. The van der Waals surface area contributed by atoms with Gasteiger partial charge in [0.05, 0.1) is 5.69 Å². The van der Waals surface area contributed by atoms with Gasteiger partial charge in [-0.3, -0.25) is 4.79 Å². The van der Waals surface area contributed by atoms with Crippen LogP contribution in [0, 0.1) is 0 Å². The highest BCUT2D eigenvalue weighted by Crippen LogP contribution is 2.36. The lowest BCUT2D eigenvalue weighted by Gasteiger charge is -2.15. The highest BCUT2D eigenvalue weighted by molar-refractivity contribution is 7.80. The Morgan fingerprint density at radius 1 is 0.808 bits per heavy atom. The summed E-state index contributed by atoms with van der Waals surface area (Å²) in [6.07, 6.45) is 1.32. The van der Waals surface area contributed by atoms with E-state index in [1.54, 1.807) is 0 Å². The molecule has 26 heavy (non-hydrogen) atoms. The van der Waals surface area contributed by atoms with Gasteiger partial charge < -0.3 is 10.6 Å². The fourth-order valence-corrected chi connectivity index (χ4v) is 3.62. The predicted octanol–water partition coefficient (Wildman–Crippen LogP) is 5.29. The molecule has 128 valence electrons. The topological polar surface area (TPSA) is 41.1 Å². The van der Waals surface area contributed by atoms with Crippen LogP contribution >= 0.6 is 12.2 Å². The minimum absolute atomic E-state index is 0.169. The first-order valence-electron chi connectivity index (χ1n) is 8.60. The van der Waals surface area contributed by atoms with Crippen molar-refractivity contribution in [3.8, 4) is 11.1 Å². The predicted molar refractivity (Wildman–Crippen MR) is 111 cm³/mol. The molecule has 4 heteroatoms. The van der Waals surface area contributed by atoms with Crippen LogP contribution < -0.4 is 10.6 Å². The molecule has 3 nitrogen and oxygen atoms in total. The maximum atomic E-state index is 12.5. The third-order valence-corrected chi connectivity index (χ3v) is 4.76. The summed E-state index contributed by atoms with van der Waals surface area (Å²) >= 11 is 5.42. The van der Waals surface area contributed by atoms with Crippen molar-refractivity contribution in [1.29, 1.82) is 0 Å². The standard InChI is InChI=1S/C22H18N2OS/c25-20-14-12-18-17(15-7-3-1-4-8-15)11-13-19(21(18)20)24-22(26)23-16-9-5-2-6-10-16/h1-11,13H,12,14H2,(H2,23,24,26). The van der Waals surface area contributed by atoms with E-state index in [4.69, 9.17) is 12.2 Å². The van der Waals surface area contributed by atoms with E-state index in [9.17, 15) is 4.79 Å². The third kappa shape index (κ3) is 3.24. The van der Waals surface area contributed by atoms with E-state index in [0.717, 1.165) is 40.0 Å². The van der Waals surface area contributed by atoms with Crippen LogP contribution in [0.25, 0.3) is 11.1 Å². The maximum absolute atomic E-state index is 12.5. The van der Waals surface area contributed by atoms with E-state index in [-0.39, 0.29) is 5.78 Å². The van der Waals surface area contributed by atoms with Crippen LogP contribution in [0.1, 0.15) is 22.3 Å². The second-order valence-electron chi connectivity index (χ2n) is 6.25. The maximum Gasteiger partial charge on any atom is 0.175 e. The Morgan fingerprint density at radius 2 is 1.50 bits per heavy atom. The number of nitrogens with one attached hydrogen (secondary N) is 2. The zero-order valence-corrected chi connectivity index (χ0v) is 15.0. The number of rotatable bonds is 3. The van der Waals surface area contributed by atoms with Crippen LogP contribution in [0.3, 0.4) is 0 Å². The summed E-state index contributed by atoms with van der Waals surface area (Å²) in [7, 11) is 0. The Balaban J connectivity index is 1.65. The molecule has 0 heterocycles. The number of para-hydroxylation sites is 1. The molecule has 0 spiro atoms. The second-order valence-corrected chi connectivity index (χ2v) is 6.66. The van der Waals surface area contributed by atoms with Gasteiger partial charge in [-0.2, -0.15) is 0 Å². The number of anilines is 2. The number of thiocarbonyl (C=S) groups is 1. The number of fused-ring (bicyclic) bond motifs is 1. The normalized spacial score (nSPS) is 12.5. The summed E-state index contributed by atoms with van der Waals surface area (Å²) in [5, 5.41) is 6.83. The van der Waals surface area contributed by atoms with Crippen molar-refractivity contribution in [2.75, 3.05) is 10.6 Å². The van der Waals surface area contributed by atoms with Gasteiger partial charge in [0.25, 0.3) is 0 Å². The molecular weight excluding hydrogens is 340 g/mol. The Kier molecular flexibility index (Phi) is 4.50. The first-order valence-corrected chi connectivity index (χ1v) is 9.01. The first-order chi connectivity index (χ1) is 12.7. The van der Waals surface area contributed by atoms with Crippen LogP contribution in [-0.4, -0.2) is 10.9 Å². The molecule has 0 saturated heterocycles. The average Bonchev–Trinajstić information content (AvgIpc) is 3.06. The summed E-state index contributed by atoms with van der Waals surface area (Å²) in [6, 6.07) is 23.9. The number of hydrogen-bond donors (Lipinski definition) is 2. The molecule has 0 radical (unpaired) electrons. The minimum Gasteiger partial charge on any atom is -0.332 e. The van der Waals surface area contributed by atoms with Crippen LogP contribution in [0.15, 0.2) is 72.8 Å². The van der Waals surface area contributed by atoms with E-state index in [0.29, 0.717) is 11.5 Å². The van der Waals surface area contributed by atoms with E-state index in [2.05, 4.69) is 28.8 Å². The fraction of sp³-hybridized carbons (Fsp3) is 0.0909. The lowest BCUT2D eigenvalue weighted by atomic mass is 9.95. The monoisotopic (exact) mass is 358 g/mol. The molecule has 4 rings (SSSR count). The number of benzene rings is 3. The van der Waals surface area contributed by atoms with E-state index < -0.39 is 0 Å². The van der Waals surface area contributed by atoms with Crippen molar-refractivity contribution in [1.82, 2.24) is 0 Å². The van der Waals surface area contributed by atoms with Gasteiger partial charge in [0.1, 0.15) is 0 Å². The molecule has 0 fully saturated rings. The number of ketones is 1. The number of hydrogen-bond acceptors (Lipinski definition) is 2. The second kappa shape index (κ2) is 7.10. The lowest BCUT2D eigenvalue weighted by molar-refractivity contribution is 0.0995. The number of Topliss-reactive ketones (excluding diaryl/α,β-unsaturated/α-hetero) is 1. The smallest absolute Gasteiger partial charge is 0.175 e. The van der Waals surface area contributed by atoms with E-state index >= 15 is 0 Å². The zero-order valence-electron chi connectivity index (χ0n) is 14.2. The van der Waals surface area contributed by atoms with Crippen molar-refractivity contribution < 1.29 is 4.79 Å². The van der Waals surface area contributed by atoms with Crippen molar-refractivity contribution in [3.63, 3.8) is 0 Å². The molecule has 0 aliphatic heterocycles. The highest BCUT2D eigenvalue weighted by Gasteiger charge is 2.26. The Labute approximate surface area is 158 Å². The quantitative estimate of drug-likeness (QED) is 0.624. The Hall–Kier alpha value is -2.98. The molecule has 0 unspecified atom stereocenters. The van der Waals surface area contributed by atoms with E-state index in [1.807, 2.05) is 54.6 Å². The Bertz CT molecular complexity index is 968. The van der Waals surface area contributed by atoms with Crippen LogP contribution in [-0.2, 0) is 6.42 Å². The molecule has 3 aromatic carbocycles. The number of carbonyl (C=O) groups excluding carboxylic acids is 1. The fourth-order valence-electron chi connectivity index (χ4n) is 3.39. The molecule has 0 atom stereocenters. The molecule has 0 bridgehead atoms. The Morgan fingerprint density at radius 3 is 2.23 bits per heavy atom. The van der Waals surface area contributed by atoms with Crippen molar-refractivity contribution in [3.05, 3.63) is 83.9 Å². The van der Waals surface area contributed by atoms with Gasteiger partial charge in [-0.15, -0.1) is 0 Å². The van der Waals surface area contributed by atoms with Crippen molar-refractivity contribution in [2.45, 2.75) is 12.8 Å². The van der Waals surface area contributed by atoms with Crippen LogP contribution in [0.5, 0.6) is 0 Å². The molecule has 0 aromatic heterocycles. The SMILES string of the molecule is O=C1CCc2c(-c3ccccc3)ccc(NC(=S)Nc3ccccc3)c21. The van der Waals surface area contributed by atoms with Gasteiger partial charge in [-0.25, -0.2) is 0 Å². The van der Waals surface area contributed by atoms with Gasteiger partial charge in [0.15, 0.2) is 10.9 Å². The molecule has 2 N–H and O–H groups in total. The summed E-state index contributed by atoms with van der Waals surface area (Å²) in [4.78, 5) is 12.5. The van der Waals surface area contributed by atoms with Gasteiger partial charge in [0, 0.05) is 17.7 Å². The number of carbonyl (C=O) groups is 1. The molecule has 0 saturated carbocycles. The van der Waals surface area contributed by atoms with Crippen molar-refractivity contribution >= 4 is 34.5 Å². The van der Waals surface area contributed by atoms with Crippen LogP contribution in [0.4, 0.5) is 11.4 Å². The molecule has 1 aliphatic rings. The van der Waals surface area contributed by atoms with Crippen LogP contribution in [0.2, 0.25) is 0 Å². The lowest BCUT2D eigenvalue weighted by Crippen LogP contribution is -2.20. The van der Waals surface area contributed by atoms with E-state index in [1.165, 1.54) is 0 Å². The molecular formula is C22H18N2OS. The largest absolute Gasteiger partial charge is 0.332 e.